The highest BCUT2D eigenvalue weighted by Crippen LogP contribution is 2.22. The van der Waals surface area contributed by atoms with E-state index in [9.17, 15) is 4.39 Å². The maximum Gasteiger partial charge on any atom is 0.216 e. The molecule has 7 heteroatoms. The lowest BCUT2D eigenvalue weighted by atomic mass is 10.2. The molecule has 0 spiro atoms. The molecule has 128 valence electrons. The van der Waals surface area contributed by atoms with Crippen LogP contribution in [0.5, 0.6) is 0 Å². The Morgan fingerprint density at radius 2 is 1.77 bits per heavy atom. The molecule has 0 saturated carbocycles. The van der Waals surface area contributed by atoms with Gasteiger partial charge in [0.2, 0.25) is 4.77 Å². The van der Waals surface area contributed by atoms with Crippen molar-refractivity contribution in [2.24, 2.45) is 5.10 Å². The number of aromatic nitrogens is 3. The zero-order valence-corrected chi connectivity index (χ0v) is 14.3. The monoisotopic (exact) mass is 364 g/mol. The number of furan rings is 1. The number of nitrogens with one attached hydrogen (secondary N) is 1. The molecule has 4 aromatic rings. The Hall–Kier alpha value is -3.32. The molecule has 0 amide bonds. The molecular formula is C19H13FN4OS. The number of halogens is 1. The first-order chi connectivity index (χ1) is 12.7. The maximum atomic E-state index is 13.0. The van der Waals surface area contributed by atoms with Crippen molar-refractivity contribution in [2.45, 2.75) is 0 Å². The Balaban J connectivity index is 1.63. The van der Waals surface area contributed by atoms with Crippen molar-refractivity contribution < 1.29 is 8.81 Å². The van der Waals surface area contributed by atoms with E-state index in [2.05, 4.69) is 15.3 Å². The lowest BCUT2D eigenvalue weighted by Crippen LogP contribution is -1.94. The van der Waals surface area contributed by atoms with Crippen LogP contribution in [0, 0.1) is 10.6 Å². The summed E-state index contributed by atoms with van der Waals surface area (Å²) in [7, 11) is 0. The highest BCUT2D eigenvalue weighted by atomic mass is 32.1. The molecule has 0 atom stereocenters. The molecule has 0 fully saturated rings. The summed E-state index contributed by atoms with van der Waals surface area (Å²) in [6.07, 6.45) is 1.56. The predicted octanol–water partition coefficient (Wildman–Crippen LogP) is 4.89. The molecule has 2 heterocycles. The molecule has 2 aromatic heterocycles. The summed E-state index contributed by atoms with van der Waals surface area (Å²) >= 11 is 5.25. The molecule has 0 radical (unpaired) electrons. The zero-order chi connectivity index (χ0) is 17.9. The van der Waals surface area contributed by atoms with Crippen molar-refractivity contribution in [3.05, 3.63) is 83.1 Å². The van der Waals surface area contributed by atoms with Crippen molar-refractivity contribution >= 4 is 18.4 Å². The highest BCUT2D eigenvalue weighted by molar-refractivity contribution is 7.71. The average molecular weight is 364 g/mol. The fourth-order valence-electron chi connectivity index (χ4n) is 2.48. The third kappa shape index (κ3) is 3.25. The van der Waals surface area contributed by atoms with Crippen molar-refractivity contribution in [1.29, 1.82) is 0 Å². The van der Waals surface area contributed by atoms with E-state index in [0.717, 1.165) is 11.1 Å². The molecule has 0 aliphatic carbocycles. The van der Waals surface area contributed by atoms with Gasteiger partial charge < -0.3 is 4.42 Å². The Labute approximate surface area is 153 Å². The fraction of sp³-hybridized carbons (Fsp3) is 0. The average Bonchev–Trinajstić information content (AvgIpc) is 3.28. The SMILES string of the molecule is Fc1ccc(-c2ccc(/C=N/n3c(-c4ccccc4)n[nH]c3=S)o2)cc1. The maximum absolute atomic E-state index is 13.0. The largest absolute Gasteiger partial charge is 0.455 e. The minimum absolute atomic E-state index is 0.287. The van der Waals surface area contributed by atoms with E-state index >= 15 is 0 Å². The van der Waals surface area contributed by atoms with Crippen LogP contribution < -0.4 is 0 Å². The number of aromatic amines is 1. The number of H-pyrrole nitrogens is 1. The van der Waals surface area contributed by atoms with Gasteiger partial charge in [-0.25, -0.2) is 9.49 Å². The minimum Gasteiger partial charge on any atom is -0.455 e. The molecule has 0 aliphatic heterocycles. The smallest absolute Gasteiger partial charge is 0.216 e. The molecule has 5 nitrogen and oxygen atoms in total. The van der Waals surface area contributed by atoms with Crippen LogP contribution in [0.2, 0.25) is 0 Å². The van der Waals surface area contributed by atoms with Crippen LogP contribution in [-0.4, -0.2) is 21.1 Å². The van der Waals surface area contributed by atoms with Crippen LogP contribution >= 0.6 is 12.2 Å². The van der Waals surface area contributed by atoms with Crippen LogP contribution in [0.15, 0.2) is 76.2 Å². The quantitative estimate of drug-likeness (QED) is 0.414. The summed E-state index contributed by atoms with van der Waals surface area (Å²) in [5, 5.41) is 11.3. The van der Waals surface area contributed by atoms with Gasteiger partial charge in [0.15, 0.2) is 5.82 Å². The van der Waals surface area contributed by atoms with E-state index in [-0.39, 0.29) is 5.82 Å². The van der Waals surface area contributed by atoms with E-state index < -0.39 is 0 Å². The molecule has 2 aromatic carbocycles. The fourth-order valence-corrected chi connectivity index (χ4v) is 2.66. The summed E-state index contributed by atoms with van der Waals surface area (Å²) in [4.78, 5) is 0. The Kier molecular flexibility index (Phi) is 4.28. The number of hydrogen-bond donors (Lipinski definition) is 1. The zero-order valence-electron chi connectivity index (χ0n) is 13.5. The number of hydrogen-bond acceptors (Lipinski definition) is 4. The second kappa shape index (κ2) is 6.89. The predicted molar refractivity (Wildman–Crippen MR) is 99.9 cm³/mol. The Morgan fingerprint density at radius 1 is 1.00 bits per heavy atom. The van der Waals surface area contributed by atoms with Gasteiger partial charge in [-0.05, 0) is 48.6 Å². The Bertz CT molecular complexity index is 1110. The molecule has 26 heavy (non-hydrogen) atoms. The molecule has 0 unspecified atom stereocenters. The van der Waals surface area contributed by atoms with Gasteiger partial charge in [-0.3, -0.25) is 0 Å². The van der Waals surface area contributed by atoms with E-state index in [1.807, 2.05) is 30.3 Å². The standard InChI is InChI=1S/C19H13FN4OS/c20-15-8-6-13(7-9-15)17-11-10-16(25-17)12-21-24-18(22-23-19(24)26)14-4-2-1-3-5-14/h1-12H,(H,23,26)/b21-12+. The molecule has 0 bridgehead atoms. The van der Waals surface area contributed by atoms with E-state index in [1.54, 1.807) is 30.5 Å². The van der Waals surface area contributed by atoms with Crippen LogP contribution in [0.1, 0.15) is 5.76 Å². The summed E-state index contributed by atoms with van der Waals surface area (Å²) in [5.74, 6) is 1.50. The van der Waals surface area contributed by atoms with Gasteiger partial charge in [-0.1, -0.05) is 30.3 Å². The van der Waals surface area contributed by atoms with Gasteiger partial charge >= 0.3 is 0 Å². The first-order valence-electron chi connectivity index (χ1n) is 7.84. The third-order valence-electron chi connectivity index (χ3n) is 3.74. The normalized spacial score (nSPS) is 11.3. The lowest BCUT2D eigenvalue weighted by Gasteiger charge is -1.99. The highest BCUT2D eigenvalue weighted by Gasteiger charge is 2.08. The van der Waals surface area contributed by atoms with Gasteiger partial charge in [-0.2, -0.15) is 14.9 Å². The van der Waals surface area contributed by atoms with Crippen LogP contribution in [0.25, 0.3) is 22.7 Å². The summed E-state index contributed by atoms with van der Waals surface area (Å²) < 4.78 is 20.7. The topological polar surface area (TPSA) is 59.1 Å². The second-order valence-corrected chi connectivity index (χ2v) is 5.87. The number of benzene rings is 2. The van der Waals surface area contributed by atoms with Crippen molar-refractivity contribution in [3.8, 4) is 22.7 Å². The van der Waals surface area contributed by atoms with Crippen molar-refractivity contribution in [1.82, 2.24) is 14.9 Å². The third-order valence-corrected chi connectivity index (χ3v) is 4.00. The van der Waals surface area contributed by atoms with Gasteiger partial charge in [-0.15, -0.1) is 0 Å². The summed E-state index contributed by atoms with van der Waals surface area (Å²) in [6, 6.07) is 19.3. The summed E-state index contributed by atoms with van der Waals surface area (Å²) in [5.41, 5.74) is 1.68. The molecular weight excluding hydrogens is 351 g/mol. The van der Waals surface area contributed by atoms with Gasteiger partial charge in [0.1, 0.15) is 17.3 Å². The Morgan fingerprint density at radius 3 is 2.54 bits per heavy atom. The second-order valence-electron chi connectivity index (χ2n) is 5.48. The molecule has 0 saturated heterocycles. The molecule has 0 aliphatic rings. The van der Waals surface area contributed by atoms with Gasteiger partial charge in [0, 0.05) is 11.1 Å². The van der Waals surface area contributed by atoms with Gasteiger partial charge in [0.05, 0.1) is 6.21 Å². The van der Waals surface area contributed by atoms with Crippen molar-refractivity contribution in [2.75, 3.05) is 0 Å². The first-order valence-corrected chi connectivity index (χ1v) is 8.24. The molecule has 1 N–H and O–H groups in total. The number of rotatable bonds is 4. The van der Waals surface area contributed by atoms with E-state index in [1.165, 1.54) is 16.8 Å². The summed E-state index contributed by atoms with van der Waals surface area (Å²) in [6.45, 7) is 0. The first kappa shape index (κ1) is 16.2. The van der Waals surface area contributed by atoms with Crippen LogP contribution in [-0.2, 0) is 0 Å². The van der Waals surface area contributed by atoms with Crippen molar-refractivity contribution in [3.63, 3.8) is 0 Å². The van der Waals surface area contributed by atoms with Gasteiger partial charge in [0.25, 0.3) is 0 Å². The van der Waals surface area contributed by atoms with Crippen LogP contribution in [0.4, 0.5) is 4.39 Å². The lowest BCUT2D eigenvalue weighted by molar-refractivity contribution is 0.573. The number of nitrogens with zero attached hydrogens (tertiary/aromatic N) is 3. The molecule has 4 rings (SSSR count). The van der Waals surface area contributed by atoms with E-state index in [4.69, 9.17) is 16.6 Å². The van der Waals surface area contributed by atoms with E-state index in [0.29, 0.717) is 22.1 Å². The minimum atomic E-state index is -0.287. The van der Waals surface area contributed by atoms with Crippen LogP contribution in [0.3, 0.4) is 0 Å².